The number of aromatic nitrogens is 4. The molecule has 1 amide bonds. The Morgan fingerprint density at radius 3 is 2.92 bits per heavy atom. The lowest BCUT2D eigenvalue weighted by atomic mass is 10.3. The van der Waals surface area contributed by atoms with Gasteiger partial charge in [-0.15, -0.1) is 11.7 Å². The Hall–Kier alpha value is -2.55. The highest BCUT2D eigenvalue weighted by molar-refractivity contribution is 8.00. The minimum atomic E-state index is -0.369. The molecule has 0 spiro atoms. The van der Waals surface area contributed by atoms with Crippen molar-refractivity contribution in [2.24, 2.45) is 0 Å². The van der Waals surface area contributed by atoms with Crippen LogP contribution in [0.4, 0.5) is 0 Å². The standard InChI is InChI=1S/C15H19N5O3S/c1-5-8-16-14(21)10(2)24-15-17-18-19-20(15)12-9-11(22-3)6-7-13(12)23-4/h5-7,9-10H,1,8H2,2-4H3,(H,16,21)/t10-/m1/s1. The molecule has 8 nitrogen and oxygen atoms in total. The van der Waals surface area contributed by atoms with E-state index in [1.165, 1.54) is 16.4 Å². The highest BCUT2D eigenvalue weighted by Gasteiger charge is 2.20. The van der Waals surface area contributed by atoms with E-state index in [1.807, 2.05) is 0 Å². The van der Waals surface area contributed by atoms with Crippen molar-refractivity contribution in [2.45, 2.75) is 17.3 Å². The van der Waals surface area contributed by atoms with E-state index in [0.29, 0.717) is 28.9 Å². The fraction of sp³-hybridized carbons (Fsp3) is 0.333. The van der Waals surface area contributed by atoms with Gasteiger partial charge in [0.2, 0.25) is 11.1 Å². The zero-order chi connectivity index (χ0) is 17.5. The molecular weight excluding hydrogens is 330 g/mol. The third-order valence-electron chi connectivity index (χ3n) is 3.13. The average Bonchev–Trinajstić information content (AvgIpc) is 3.06. The number of rotatable bonds is 8. The van der Waals surface area contributed by atoms with Crippen LogP contribution in [-0.4, -0.2) is 52.1 Å². The SMILES string of the molecule is C=CCNC(=O)[C@@H](C)Sc1nnnn1-c1cc(OC)ccc1OC. The molecule has 1 atom stereocenters. The fourth-order valence-electron chi connectivity index (χ4n) is 1.89. The number of hydrogen-bond acceptors (Lipinski definition) is 7. The molecule has 24 heavy (non-hydrogen) atoms. The molecule has 9 heteroatoms. The van der Waals surface area contributed by atoms with E-state index in [1.54, 1.807) is 45.4 Å². The summed E-state index contributed by atoms with van der Waals surface area (Å²) >= 11 is 1.25. The summed E-state index contributed by atoms with van der Waals surface area (Å²) in [6.07, 6.45) is 1.63. The van der Waals surface area contributed by atoms with Crippen LogP contribution >= 0.6 is 11.8 Å². The van der Waals surface area contributed by atoms with Gasteiger partial charge in [-0.1, -0.05) is 17.8 Å². The third-order valence-corrected chi connectivity index (χ3v) is 4.16. The summed E-state index contributed by atoms with van der Waals surface area (Å²) < 4.78 is 12.1. The first kappa shape index (κ1) is 17.8. The molecule has 2 aromatic rings. The first-order valence-corrected chi connectivity index (χ1v) is 8.04. The van der Waals surface area contributed by atoms with Gasteiger partial charge in [-0.3, -0.25) is 4.79 Å². The largest absolute Gasteiger partial charge is 0.497 e. The minimum Gasteiger partial charge on any atom is -0.497 e. The number of methoxy groups -OCH3 is 2. The monoisotopic (exact) mass is 349 g/mol. The van der Waals surface area contributed by atoms with Crippen LogP contribution in [0.5, 0.6) is 11.5 Å². The van der Waals surface area contributed by atoms with Gasteiger partial charge in [0.05, 0.1) is 19.5 Å². The fourth-order valence-corrected chi connectivity index (χ4v) is 2.72. The summed E-state index contributed by atoms with van der Waals surface area (Å²) in [6.45, 7) is 5.77. The number of carbonyl (C=O) groups is 1. The summed E-state index contributed by atoms with van der Waals surface area (Å²) in [6, 6.07) is 5.32. The van der Waals surface area contributed by atoms with Gasteiger partial charge in [0.25, 0.3) is 0 Å². The van der Waals surface area contributed by atoms with E-state index in [9.17, 15) is 4.79 Å². The molecular formula is C15H19N5O3S. The average molecular weight is 349 g/mol. The van der Waals surface area contributed by atoms with Gasteiger partial charge in [0, 0.05) is 12.6 Å². The van der Waals surface area contributed by atoms with E-state index >= 15 is 0 Å². The molecule has 1 aromatic heterocycles. The van der Waals surface area contributed by atoms with Gasteiger partial charge >= 0.3 is 0 Å². The van der Waals surface area contributed by atoms with Gasteiger partial charge in [-0.25, -0.2) is 0 Å². The third kappa shape index (κ3) is 4.05. The maximum atomic E-state index is 12.0. The van der Waals surface area contributed by atoms with Crippen LogP contribution < -0.4 is 14.8 Å². The molecule has 2 rings (SSSR count). The Kier molecular flexibility index (Phi) is 6.19. The van der Waals surface area contributed by atoms with Crippen molar-refractivity contribution in [3.05, 3.63) is 30.9 Å². The Balaban J connectivity index is 2.27. The topological polar surface area (TPSA) is 91.2 Å². The quantitative estimate of drug-likeness (QED) is 0.570. The lowest BCUT2D eigenvalue weighted by Crippen LogP contribution is -2.31. The van der Waals surface area contributed by atoms with E-state index in [-0.39, 0.29) is 11.2 Å². The number of benzene rings is 1. The van der Waals surface area contributed by atoms with Crippen molar-refractivity contribution in [1.29, 1.82) is 0 Å². The molecule has 0 saturated heterocycles. The van der Waals surface area contributed by atoms with Gasteiger partial charge in [-0.05, 0) is 29.5 Å². The molecule has 1 aromatic carbocycles. The molecule has 0 radical (unpaired) electrons. The zero-order valence-corrected chi connectivity index (χ0v) is 14.5. The van der Waals surface area contributed by atoms with Gasteiger partial charge < -0.3 is 14.8 Å². The Bertz CT molecular complexity index is 719. The number of carbonyl (C=O) groups excluding carboxylic acids is 1. The summed E-state index contributed by atoms with van der Waals surface area (Å²) in [5.41, 5.74) is 0.628. The second kappa shape index (κ2) is 8.34. The lowest BCUT2D eigenvalue weighted by Gasteiger charge is -2.13. The van der Waals surface area contributed by atoms with E-state index in [4.69, 9.17) is 9.47 Å². The molecule has 0 unspecified atom stereocenters. The van der Waals surface area contributed by atoms with Crippen molar-refractivity contribution >= 4 is 17.7 Å². The van der Waals surface area contributed by atoms with E-state index in [0.717, 1.165) is 0 Å². The number of thioether (sulfide) groups is 1. The van der Waals surface area contributed by atoms with Gasteiger partial charge in [0.1, 0.15) is 17.2 Å². The zero-order valence-electron chi connectivity index (χ0n) is 13.7. The molecule has 0 bridgehead atoms. The molecule has 128 valence electrons. The summed E-state index contributed by atoms with van der Waals surface area (Å²) in [7, 11) is 3.14. The minimum absolute atomic E-state index is 0.118. The summed E-state index contributed by atoms with van der Waals surface area (Å²) in [5, 5.41) is 14.5. The summed E-state index contributed by atoms with van der Waals surface area (Å²) in [5.74, 6) is 1.12. The predicted octanol–water partition coefficient (Wildman–Crippen LogP) is 1.46. The van der Waals surface area contributed by atoms with Crippen LogP contribution in [-0.2, 0) is 4.79 Å². The lowest BCUT2D eigenvalue weighted by molar-refractivity contribution is -0.120. The molecule has 0 aliphatic heterocycles. The highest BCUT2D eigenvalue weighted by atomic mass is 32.2. The second-order valence-corrected chi connectivity index (χ2v) is 6.01. The molecule has 0 aliphatic carbocycles. The molecule has 0 aliphatic rings. The maximum Gasteiger partial charge on any atom is 0.233 e. The van der Waals surface area contributed by atoms with Crippen LogP contribution in [0.3, 0.4) is 0 Å². The Morgan fingerprint density at radius 1 is 1.46 bits per heavy atom. The van der Waals surface area contributed by atoms with Crippen LogP contribution in [0.15, 0.2) is 36.0 Å². The van der Waals surface area contributed by atoms with Crippen LogP contribution in [0.2, 0.25) is 0 Å². The Morgan fingerprint density at radius 2 is 2.25 bits per heavy atom. The number of amides is 1. The van der Waals surface area contributed by atoms with Crippen LogP contribution in [0.25, 0.3) is 5.69 Å². The predicted molar refractivity (Wildman–Crippen MR) is 90.8 cm³/mol. The first-order chi connectivity index (χ1) is 11.6. The van der Waals surface area contributed by atoms with Gasteiger partial charge in [-0.2, -0.15) is 4.68 Å². The number of hydrogen-bond donors (Lipinski definition) is 1. The van der Waals surface area contributed by atoms with Crippen molar-refractivity contribution in [2.75, 3.05) is 20.8 Å². The maximum absolute atomic E-state index is 12.0. The number of nitrogens with one attached hydrogen (secondary N) is 1. The first-order valence-electron chi connectivity index (χ1n) is 7.16. The molecule has 0 fully saturated rings. The molecule has 1 heterocycles. The number of nitrogens with zero attached hydrogens (tertiary/aromatic N) is 4. The smallest absolute Gasteiger partial charge is 0.233 e. The van der Waals surface area contributed by atoms with E-state index < -0.39 is 0 Å². The number of ether oxygens (including phenoxy) is 2. The van der Waals surface area contributed by atoms with Crippen molar-refractivity contribution in [3.63, 3.8) is 0 Å². The van der Waals surface area contributed by atoms with Crippen molar-refractivity contribution < 1.29 is 14.3 Å². The van der Waals surface area contributed by atoms with Crippen molar-refractivity contribution in [3.8, 4) is 17.2 Å². The van der Waals surface area contributed by atoms with E-state index in [2.05, 4.69) is 27.4 Å². The summed E-state index contributed by atoms with van der Waals surface area (Å²) in [4.78, 5) is 12.0. The second-order valence-electron chi connectivity index (χ2n) is 4.70. The Labute approximate surface area is 144 Å². The highest BCUT2D eigenvalue weighted by Crippen LogP contribution is 2.30. The molecule has 1 N–H and O–H groups in total. The van der Waals surface area contributed by atoms with Crippen LogP contribution in [0.1, 0.15) is 6.92 Å². The number of tetrazole rings is 1. The molecule has 0 saturated carbocycles. The normalized spacial score (nSPS) is 11.6. The van der Waals surface area contributed by atoms with Crippen LogP contribution in [0, 0.1) is 0 Å². The van der Waals surface area contributed by atoms with Crippen molar-refractivity contribution in [1.82, 2.24) is 25.5 Å². The van der Waals surface area contributed by atoms with Gasteiger partial charge in [0.15, 0.2) is 0 Å².